The van der Waals surface area contributed by atoms with Crippen LogP contribution in [0.15, 0.2) is 18.2 Å². The number of halogens is 4. The van der Waals surface area contributed by atoms with Gasteiger partial charge in [0.2, 0.25) is 5.92 Å². The van der Waals surface area contributed by atoms with Crippen LogP contribution in [0.2, 0.25) is 5.02 Å². The predicted octanol–water partition coefficient (Wildman–Crippen LogP) is 3.10. The van der Waals surface area contributed by atoms with Crippen LogP contribution in [0.25, 0.3) is 0 Å². The van der Waals surface area contributed by atoms with E-state index in [1.807, 2.05) is 0 Å². The van der Waals surface area contributed by atoms with Gasteiger partial charge in [-0.1, -0.05) is 11.6 Å². The molecule has 2 rings (SSSR count). The highest BCUT2D eigenvalue weighted by atomic mass is 35.5. The van der Waals surface area contributed by atoms with E-state index in [-0.39, 0.29) is 24.4 Å². The molecule has 2 N–H and O–H groups in total. The number of benzene rings is 1. The fraction of sp³-hybridized carbons (Fsp3) is 0.455. The van der Waals surface area contributed by atoms with Crippen LogP contribution in [-0.4, -0.2) is 12.5 Å². The van der Waals surface area contributed by atoms with Gasteiger partial charge in [0, 0.05) is 29.8 Å². The van der Waals surface area contributed by atoms with Gasteiger partial charge in [0.1, 0.15) is 5.82 Å². The number of hydrogen-bond acceptors (Lipinski definition) is 1. The first-order valence-corrected chi connectivity index (χ1v) is 5.29. The largest absolute Gasteiger partial charge is 0.330 e. The molecule has 5 heteroatoms. The maximum absolute atomic E-state index is 13.1. The van der Waals surface area contributed by atoms with Crippen LogP contribution in [0.3, 0.4) is 0 Å². The molecule has 1 aliphatic rings. The van der Waals surface area contributed by atoms with Crippen molar-refractivity contribution in [2.24, 2.45) is 5.73 Å². The number of nitrogens with two attached hydrogens (primary N) is 1. The van der Waals surface area contributed by atoms with Crippen LogP contribution in [0.5, 0.6) is 0 Å². The lowest BCUT2D eigenvalue weighted by Crippen LogP contribution is -2.53. The average molecular weight is 250 g/mol. The van der Waals surface area contributed by atoms with Crippen molar-refractivity contribution in [1.82, 2.24) is 0 Å². The Morgan fingerprint density at radius 3 is 2.31 bits per heavy atom. The van der Waals surface area contributed by atoms with Gasteiger partial charge in [-0.15, -0.1) is 0 Å². The second kappa shape index (κ2) is 3.64. The summed E-state index contributed by atoms with van der Waals surface area (Å²) in [7, 11) is 0. The molecule has 0 spiro atoms. The standard InChI is InChI=1S/C11H11ClF3N/c12-8-1-7(2-9(13)3-8)10(6-16)4-11(14,15)5-10/h1-3H,4-6,16H2. The predicted molar refractivity (Wildman–Crippen MR) is 56.3 cm³/mol. The summed E-state index contributed by atoms with van der Waals surface area (Å²) in [5, 5.41) is 0.207. The van der Waals surface area contributed by atoms with Gasteiger partial charge in [0.15, 0.2) is 0 Å². The van der Waals surface area contributed by atoms with Crippen molar-refractivity contribution < 1.29 is 13.2 Å². The molecule has 0 radical (unpaired) electrons. The van der Waals surface area contributed by atoms with Gasteiger partial charge in [-0.2, -0.15) is 0 Å². The molecule has 0 amide bonds. The maximum Gasteiger partial charge on any atom is 0.250 e. The van der Waals surface area contributed by atoms with Gasteiger partial charge in [0.25, 0.3) is 0 Å². The van der Waals surface area contributed by atoms with Gasteiger partial charge in [-0.05, 0) is 23.8 Å². The van der Waals surface area contributed by atoms with Crippen LogP contribution in [0.4, 0.5) is 13.2 Å². The zero-order valence-corrected chi connectivity index (χ0v) is 9.20. The Morgan fingerprint density at radius 2 is 1.88 bits per heavy atom. The summed E-state index contributed by atoms with van der Waals surface area (Å²) >= 11 is 5.70. The lowest BCUT2D eigenvalue weighted by atomic mass is 9.62. The second-order valence-electron chi connectivity index (χ2n) is 4.35. The molecular weight excluding hydrogens is 239 g/mol. The molecule has 1 aliphatic carbocycles. The van der Waals surface area contributed by atoms with Gasteiger partial charge < -0.3 is 5.73 Å². The topological polar surface area (TPSA) is 26.0 Å². The van der Waals surface area contributed by atoms with Crippen LogP contribution in [0.1, 0.15) is 18.4 Å². The molecule has 0 saturated heterocycles. The molecule has 16 heavy (non-hydrogen) atoms. The first kappa shape index (κ1) is 11.7. The van der Waals surface area contributed by atoms with Crippen LogP contribution < -0.4 is 5.73 Å². The fourth-order valence-corrected chi connectivity index (χ4v) is 2.49. The zero-order valence-electron chi connectivity index (χ0n) is 8.44. The van der Waals surface area contributed by atoms with Crippen molar-refractivity contribution in [2.75, 3.05) is 6.54 Å². The van der Waals surface area contributed by atoms with Crippen molar-refractivity contribution in [2.45, 2.75) is 24.2 Å². The van der Waals surface area contributed by atoms with Gasteiger partial charge >= 0.3 is 0 Å². The molecule has 0 bridgehead atoms. The number of alkyl halides is 2. The first-order chi connectivity index (χ1) is 7.37. The third-order valence-corrected chi connectivity index (χ3v) is 3.28. The Morgan fingerprint density at radius 1 is 1.25 bits per heavy atom. The molecule has 0 aliphatic heterocycles. The van der Waals surface area contributed by atoms with Crippen molar-refractivity contribution in [3.05, 3.63) is 34.6 Å². The van der Waals surface area contributed by atoms with E-state index in [1.165, 1.54) is 12.1 Å². The van der Waals surface area contributed by atoms with Crippen molar-refractivity contribution in [3.8, 4) is 0 Å². The summed E-state index contributed by atoms with van der Waals surface area (Å²) in [6.45, 7) is 0.0718. The molecule has 1 fully saturated rings. The highest BCUT2D eigenvalue weighted by Gasteiger charge is 2.56. The normalized spacial score (nSPS) is 21.6. The van der Waals surface area contributed by atoms with E-state index in [4.69, 9.17) is 17.3 Å². The minimum atomic E-state index is -2.70. The first-order valence-electron chi connectivity index (χ1n) is 4.91. The molecule has 0 atom stereocenters. The summed E-state index contributed by atoms with van der Waals surface area (Å²) < 4.78 is 39.0. The van der Waals surface area contributed by atoms with Crippen LogP contribution in [-0.2, 0) is 5.41 Å². The molecule has 0 unspecified atom stereocenters. The van der Waals surface area contributed by atoms with Gasteiger partial charge in [-0.3, -0.25) is 0 Å². The van der Waals surface area contributed by atoms with Crippen molar-refractivity contribution in [1.29, 1.82) is 0 Å². The smallest absolute Gasteiger partial charge is 0.250 e. The summed E-state index contributed by atoms with van der Waals surface area (Å²) in [6.07, 6.45) is -0.674. The summed E-state index contributed by atoms with van der Waals surface area (Å²) in [6, 6.07) is 3.88. The summed E-state index contributed by atoms with van der Waals surface area (Å²) in [4.78, 5) is 0. The SMILES string of the molecule is NCC1(c2cc(F)cc(Cl)c2)CC(F)(F)C1. The van der Waals surface area contributed by atoms with Gasteiger partial charge in [0.05, 0.1) is 0 Å². The highest BCUT2D eigenvalue weighted by molar-refractivity contribution is 6.30. The fourth-order valence-electron chi connectivity index (χ4n) is 2.26. The molecule has 1 nitrogen and oxygen atoms in total. The molecule has 1 aromatic rings. The Labute approximate surface area is 96.4 Å². The molecule has 0 aromatic heterocycles. The maximum atomic E-state index is 13.1. The van der Waals surface area contributed by atoms with E-state index in [2.05, 4.69) is 0 Å². The Kier molecular flexibility index (Phi) is 2.67. The Balaban J connectivity index is 2.35. The molecule has 1 saturated carbocycles. The third kappa shape index (κ3) is 1.92. The Hall–Kier alpha value is -0.740. The Bertz CT molecular complexity index is 391. The minimum Gasteiger partial charge on any atom is -0.330 e. The molecule has 1 aromatic carbocycles. The van der Waals surface area contributed by atoms with E-state index < -0.39 is 17.2 Å². The summed E-state index contributed by atoms with van der Waals surface area (Å²) in [5.74, 6) is -3.22. The lowest BCUT2D eigenvalue weighted by molar-refractivity contribution is -0.123. The van der Waals surface area contributed by atoms with Crippen LogP contribution >= 0.6 is 11.6 Å². The van der Waals surface area contributed by atoms with E-state index >= 15 is 0 Å². The second-order valence-corrected chi connectivity index (χ2v) is 4.79. The van der Waals surface area contributed by atoms with Crippen molar-refractivity contribution in [3.63, 3.8) is 0 Å². The van der Waals surface area contributed by atoms with E-state index in [0.29, 0.717) is 5.56 Å². The van der Waals surface area contributed by atoms with Crippen molar-refractivity contribution >= 4 is 11.6 Å². The third-order valence-electron chi connectivity index (χ3n) is 3.06. The van der Waals surface area contributed by atoms with Gasteiger partial charge in [-0.25, -0.2) is 13.2 Å². The van der Waals surface area contributed by atoms with Crippen LogP contribution in [0, 0.1) is 5.82 Å². The molecular formula is C11H11ClF3N. The number of rotatable bonds is 2. The molecule has 88 valence electrons. The summed E-state index contributed by atoms with van der Waals surface area (Å²) in [5.41, 5.74) is 5.16. The average Bonchev–Trinajstić information content (AvgIpc) is 2.11. The van der Waals surface area contributed by atoms with E-state index in [1.54, 1.807) is 0 Å². The van der Waals surface area contributed by atoms with E-state index in [9.17, 15) is 13.2 Å². The van der Waals surface area contributed by atoms with E-state index in [0.717, 1.165) is 6.07 Å². The quantitative estimate of drug-likeness (QED) is 0.856. The monoisotopic (exact) mass is 249 g/mol. The minimum absolute atomic E-state index is 0.0718. The highest BCUT2D eigenvalue weighted by Crippen LogP contribution is 2.53. The molecule has 0 heterocycles. The number of hydrogen-bond donors (Lipinski definition) is 1. The lowest BCUT2D eigenvalue weighted by Gasteiger charge is -2.47. The zero-order chi connectivity index (χ0) is 12.0.